The van der Waals surface area contributed by atoms with Crippen LogP contribution in [0.25, 0.3) is 21.9 Å². The Hall–Kier alpha value is -2.10. The minimum Gasteiger partial charge on any atom is -0.281 e. The van der Waals surface area contributed by atoms with Crippen molar-refractivity contribution in [1.82, 2.24) is 15.2 Å². The Morgan fingerprint density at radius 3 is 3.21 bits per heavy atom. The van der Waals surface area contributed by atoms with Gasteiger partial charge in [-0.2, -0.15) is 0 Å². The SMILES string of the molecule is O=c1[nH][nH]c2nc3c[c]ccc3cc12. The summed E-state index contributed by atoms with van der Waals surface area (Å²) in [6.07, 6.45) is 0. The van der Waals surface area contributed by atoms with E-state index >= 15 is 0 Å². The van der Waals surface area contributed by atoms with E-state index in [-0.39, 0.29) is 5.56 Å². The Bertz CT molecular complexity index is 665. The summed E-state index contributed by atoms with van der Waals surface area (Å²) in [6, 6.07) is 10.2. The van der Waals surface area contributed by atoms with E-state index in [1.54, 1.807) is 12.1 Å². The number of benzene rings is 1. The lowest BCUT2D eigenvalue weighted by Crippen LogP contribution is -1.97. The largest absolute Gasteiger partial charge is 0.281 e. The average Bonchev–Trinajstić information content (AvgIpc) is 2.57. The van der Waals surface area contributed by atoms with E-state index in [0.717, 1.165) is 10.9 Å². The second kappa shape index (κ2) is 2.45. The van der Waals surface area contributed by atoms with Crippen molar-refractivity contribution in [1.29, 1.82) is 0 Å². The number of rotatable bonds is 0. The van der Waals surface area contributed by atoms with Gasteiger partial charge in [-0.05, 0) is 18.2 Å². The molecule has 0 saturated carbocycles. The molecule has 0 aliphatic carbocycles. The van der Waals surface area contributed by atoms with E-state index in [4.69, 9.17) is 0 Å². The highest BCUT2D eigenvalue weighted by atomic mass is 16.1. The monoisotopic (exact) mass is 184 g/mol. The molecular weight excluding hydrogens is 178 g/mol. The predicted molar refractivity (Wildman–Crippen MR) is 53.1 cm³/mol. The molecule has 0 bridgehead atoms. The van der Waals surface area contributed by atoms with Crippen molar-refractivity contribution in [2.24, 2.45) is 0 Å². The number of H-pyrrole nitrogens is 2. The van der Waals surface area contributed by atoms with Gasteiger partial charge in [-0.3, -0.25) is 15.0 Å². The van der Waals surface area contributed by atoms with Gasteiger partial charge in [-0.15, -0.1) is 0 Å². The van der Waals surface area contributed by atoms with Gasteiger partial charge in [0.1, 0.15) is 0 Å². The molecule has 3 aromatic rings. The summed E-state index contributed by atoms with van der Waals surface area (Å²) in [5.41, 5.74) is 1.28. The summed E-state index contributed by atoms with van der Waals surface area (Å²) < 4.78 is 0. The fourth-order valence-corrected chi connectivity index (χ4v) is 1.51. The first-order valence-corrected chi connectivity index (χ1v) is 4.22. The van der Waals surface area contributed by atoms with E-state index in [1.807, 2.05) is 12.1 Å². The van der Waals surface area contributed by atoms with Crippen molar-refractivity contribution in [3.05, 3.63) is 40.7 Å². The third-order valence-corrected chi connectivity index (χ3v) is 2.20. The summed E-state index contributed by atoms with van der Waals surface area (Å²) >= 11 is 0. The van der Waals surface area contributed by atoms with Gasteiger partial charge in [0.2, 0.25) is 0 Å². The van der Waals surface area contributed by atoms with Gasteiger partial charge in [-0.25, -0.2) is 4.98 Å². The number of hydrogen-bond donors (Lipinski definition) is 2. The molecule has 0 unspecified atom stereocenters. The second-order valence-corrected chi connectivity index (χ2v) is 3.08. The summed E-state index contributed by atoms with van der Waals surface area (Å²) in [5.74, 6) is 0. The summed E-state index contributed by atoms with van der Waals surface area (Å²) in [7, 11) is 0. The van der Waals surface area contributed by atoms with Crippen molar-refractivity contribution < 1.29 is 0 Å². The average molecular weight is 184 g/mol. The quantitative estimate of drug-likeness (QED) is 0.551. The Morgan fingerprint density at radius 2 is 2.29 bits per heavy atom. The van der Waals surface area contributed by atoms with E-state index in [0.29, 0.717) is 11.0 Å². The van der Waals surface area contributed by atoms with Crippen LogP contribution < -0.4 is 5.56 Å². The van der Waals surface area contributed by atoms with Crippen LogP contribution >= 0.6 is 0 Å². The van der Waals surface area contributed by atoms with Gasteiger partial charge in [0, 0.05) is 5.39 Å². The van der Waals surface area contributed by atoms with Gasteiger partial charge < -0.3 is 0 Å². The molecule has 4 heteroatoms. The zero-order valence-corrected chi connectivity index (χ0v) is 7.16. The van der Waals surface area contributed by atoms with Crippen molar-refractivity contribution in [2.75, 3.05) is 0 Å². The van der Waals surface area contributed by atoms with Crippen LogP contribution in [-0.4, -0.2) is 15.2 Å². The lowest BCUT2D eigenvalue weighted by atomic mass is 10.2. The molecule has 0 fully saturated rings. The number of nitrogens with one attached hydrogen (secondary N) is 2. The third kappa shape index (κ3) is 0.877. The fraction of sp³-hybridized carbons (Fsp3) is 0. The third-order valence-electron chi connectivity index (χ3n) is 2.20. The van der Waals surface area contributed by atoms with Crippen LogP contribution in [0.4, 0.5) is 0 Å². The normalized spacial score (nSPS) is 11.1. The molecule has 0 amide bonds. The number of aromatic amines is 2. The van der Waals surface area contributed by atoms with Crippen molar-refractivity contribution in [2.45, 2.75) is 0 Å². The number of hydrogen-bond acceptors (Lipinski definition) is 2. The number of fused-ring (bicyclic) bond motifs is 2. The lowest BCUT2D eigenvalue weighted by Gasteiger charge is -1.94. The number of pyridine rings is 1. The molecule has 67 valence electrons. The van der Waals surface area contributed by atoms with E-state index < -0.39 is 0 Å². The van der Waals surface area contributed by atoms with Gasteiger partial charge in [0.25, 0.3) is 5.56 Å². The first kappa shape index (κ1) is 7.32. The molecule has 0 atom stereocenters. The highest BCUT2D eigenvalue weighted by molar-refractivity contribution is 5.90. The van der Waals surface area contributed by atoms with Gasteiger partial charge in [0.15, 0.2) is 5.65 Å². The van der Waals surface area contributed by atoms with Crippen LogP contribution in [0.15, 0.2) is 29.1 Å². The molecule has 4 nitrogen and oxygen atoms in total. The van der Waals surface area contributed by atoms with Gasteiger partial charge in [0.05, 0.1) is 10.9 Å². The summed E-state index contributed by atoms with van der Waals surface area (Å²) in [5, 5.41) is 6.75. The summed E-state index contributed by atoms with van der Waals surface area (Å²) in [4.78, 5) is 15.6. The van der Waals surface area contributed by atoms with Gasteiger partial charge >= 0.3 is 0 Å². The molecule has 0 aliphatic heterocycles. The van der Waals surface area contributed by atoms with E-state index in [1.165, 1.54) is 0 Å². The summed E-state index contributed by atoms with van der Waals surface area (Å²) in [6.45, 7) is 0. The van der Waals surface area contributed by atoms with Crippen LogP contribution in [0.5, 0.6) is 0 Å². The second-order valence-electron chi connectivity index (χ2n) is 3.08. The van der Waals surface area contributed by atoms with Gasteiger partial charge in [-0.1, -0.05) is 12.1 Å². The first-order chi connectivity index (χ1) is 6.84. The Kier molecular flexibility index (Phi) is 1.28. The number of nitrogens with zero attached hydrogens (tertiary/aromatic N) is 1. The molecule has 14 heavy (non-hydrogen) atoms. The Balaban J connectivity index is 2.61. The maximum atomic E-state index is 11.3. The molecule has 1 aromatic carbocycles. The Labute approximate surface area is 78.6 Å². The molecule has 0 aliphatic rings. The molecule has 0 saturated heterocycles. The van der Waals surface area contributed by atoms with Crippen LogP contribution in [0.1, 0.15) is 0 Å². The molecule has 0 spiro atoms. The zero-order chi connectivity index (χ0) is 9.54. The van der Waals surface area contributed by atoms with Crippen LogP contribution in [0.3, 0.4) is 0 Å². The predicted octanol–water partition coefficient (Wildman–Crippen LogP) is 1.20. The van der Waals surface area contributed by atoms with Crippen LogP contribution in [0.2, 0.25) is 0 Å². The first-order valence-electron chi connectivity index (χ1n) is 4.22. The van der Waals surface area contributed by atoms with Crippen LogP contribution in [-0.2, 0) is 0 Å². The van der Waals surface area contributed by atoms with E-state index in [2.05, 4.69) is 21.2 Å². The zero-order valence-electron chi connectivity index (χ0n) is 7.16. The van der Waals surface area contributed by atoms with Crippen LogP contribution in [0, 0.1) is 6.07 Å². The van der Waals surface area contributed by atoms with Crippen molar-refractivity contribution in [3.63, 3.8) is 0 Å². The minimum atomic E-state index is -0.137. The maximum Gasteiger partial charge on any atom is 0.273 e. The molecule has 1 radical (unpaired) electrons. The van der Waals surface area contributed by atoms with Crippen molar-refractivity contribution in [3.8, 4) is 0 Å². The molecular formula is C10H6N3O. The molecule has 3 rings (SSSR count). The standard InChI is InChI=1S/C10H6N3O/c14-10-7-5-6-3-1-2-4-8(6)11-9(7)12-13-10/h1,3-5H,(H2,11,12,13,14). The smallest absolute Gasteiger partial charge is 0.273 e. The Morgan fingerprint density at radius 1 is 1.36 bits per heavy atom. The highest BCUT2D eigenvalue weighted by Gasteiger charge is 2.03. The maximum absolute atomic E-state index is 11.3. The molecule has 2 heterocycles. The highest BCUT2D eigenvalue weighted by Crippen LogP contribution is 2.14. The topological polar surface area (TPSA) is 61.5 Å². The fourth-order valence-electron chi connectivity index (χ4n) is 1.51. The van der Waals surface area contributed by atoms with Crippen molar-refractivity contribution >= 4 is 21.9 Å². The molecule has 2 N–H and O–H groups in total. The molecule has 2 aromatic heterocycles. The van der Waals surface area contributed by atoms with E-state index in [9.17, 15) is 4.79 Å². The number of aromatic nitrogens is 3. The minimum absolute atomic E-state index is 0.137. The lowest BCUT2D eigenvalue weighted by molar-refractivity contribution is 1.07.